The molecule has 1 saturated heterocycles. The van der Waals surface area contributed by atoms with Crippen LogP contribution in [0.3, 0.4) is 0 Å². The molecule has 2 aliphatic heterocycles. The number of nitrogens with one attached hydrogen (secondary N) is 1. The van der Waals surface area contributed by atoms with E-state index >= 15 is 0 Å². The van der Waals surface area contributed by atoms with Gasteiger partial charge in [-0.25, -0.2) is 9.18 Å². The third-order valence-electron chi connectivity index (χ3n) is 5.26. The summed E-state index contributed by atoms with van der Waals surface area (Å²) in [6.45, 7) is 2.82. The molecule has 8 heteroatoms. The van der Waals surface area contributed by atoms with Gasteiger partial charge >= 0.3 is 12.3 Å². The molecule has 4 rings (SSSR count). The lowest BCUT2D eigenvalue weighted by atomic mass is 9.99. The summed E-state index contributed by atoms with van der Waals surface area (Å²) in [6.07, 6.45) is -1.47. The topological polar surface area (TPSA) is 50.8 Å². The molecule has 0 spiro atoms. The zero-order valence-corrected chi connectivity index (χ0v) is 15.9. The Morgan fingerprint density at radius 2 is 2.00 bits per heavy atom. The van der Waals surface area contributed by atoms with Crippen molar-refractivity contribution in [2.24, 2.45) is 0 Å². The average molecular weight is 406 g/mol. The molecule has 0 saturated carbocycles. The van der Waals surface area contributed by atoms with Crippen LogP contribution in [0.4, 0.5) is 18.0 Å². The van der Waals surface area contributed by atoms with Gasteiger partial charge in [0.15, 0.2) is 11.5 Å². The smallest absolute Gasteiger partial charge is 0.395 e. The van der Waals surface area contributed by atoms with E-state index in [1.54, 1.807) is 17.0 Å². The van der Waals surface area contributed by atoms with Crippen LogP contribution in [0.15, 0.2) is 36.4 Å². The first-order chi connectivity index (χ1) is 13.8. The van der Waals surface area contributed by atoms with Gasteiger partial charge in [0.05, 0.1) is 6.04 Å². The van der Waals surface area contributed by atoms with Gasteiger partial charge in [-0.2, -0.15) is 0 Å². The molecule has 2 heterocycles. The number of amides is 2. The minimum atomic E-state index is -3.64. The fourth-order valence-electron chi connectivity index (χ4n) is 3.91. The summed E-state index contributed by atoms with van der Waals surface area (Å²) in [6, 6.07) is 8.95. The van der Waals surface area contributed by atoms with E-state index in [2.05, 4.69) is 14.8 Å². The minimum Gasteiger partial charge on any atom is -0.395 e. The highest BCUT2D eigenvalue weighted by Gasteiger charge is 2.43. The number of aryl methyl sites for hydroxylation is 1. The van der Waals surface area contributed by atoms with Crippen molar-refractivity contribution in [2.75, 3.05) is 13.1 Å². The molecule has 5 nitrogen and oxygen atoms in total. The highest BCUT2D eigenvalue weighted by atomic mass is 19.3. The van der Waals surface area contributed by atoms with Gasteiger partial charge in [-0.1, -0.05) is 12.1 Å². The second-order valence-electron chi connectivity index (χ2n) is 7.28. The Morgan fingerprint density at radius 3 is 2.79 bits per heavy atom. The number of likely N-dealkylation sites (tertiary alicyclic amines) is 1. The Morgan fingerprint density at radius 1 is 1.21 bits per heavy atom. The molecule has 2 aromatic carbocycles. The van der Waals surface area contributed by atoms with Crippen LogP contribution in [0.1, 0.15) is 35.6 Å². The SMILES string of the molecule is Cc1cc(F)ccc1C1CCCN1C(=O)NCCc1ccc2c(c1)OC(F)(F)O2. The molecule has 2 aromatic rings. The summed E-state index contributed by atoms with van der Waals surface area (Å²) in [5, 5.41) is 2.88. The van der Waals surface area contributed by atoms with Crippen molar-refractivity contribution in [3.63, 3.8) is 0 Å². The van der Waals surface area contributed by atoms with Gasteiger partial charge in [-0.05, 0) is 67.1 Å². The van der Waals surface area contributed by atoms with Crippen LogP contribution in [-0.4, -0.2) is 30.3 Å². The molecule has 2 amide bonds. The molecule has 1 fully saturated rings. The van der Waals surface area contributed by atoms with Crippen LogP contribution in [0.5, 0.6) is 11.5 Å². The van der Waals surface area contributed by atoms with Gasteiger partial charge < -0.3 is 19.7 Å². The van der Waals surface area contributed by atoms with Crippen LogP contribution >= 0.6 is 0 Å². The first-order valence-corrected chi connectivity index (χ1v) is 9.52. The normalized spacial score (nSPS) is 19.4. The minimum absolute atomic E-state index is 0.00244. The van der Waals surface area contributed by atoms with Gasteiger partial charge in [-0.15, -0.1) is 8.78 Å². The molecule has 29 heavy (non-hydrogen) atoms. The molecule has 0 aromatic heterocycles. The number of urea groups is 1. The molecule has 1 unspecified atom stereocenters. The quantitative estimate of drug-likeness (QED) is 0.811. The van der Waals surface area contributed by atoms with Gasteiger partial charge in [0.1, 0.15) is 5.82 Å². The zero-order valence-electron chi connectivity index (χ0n) is 15.9. The second kappa shape index (κ2) is 7.50. The Hall–Kier alpha value is -2.90. The Bertz CT molecular complexity index is 935. The van der Waals surface area contributed by atoms with Gasteiger partial charge in [0.2, 0.25) is 0 Å². The average Bonchev–Trinajstić information content (AvgIpc) is 3.24. The van der Waals surface area contributed by atoms with Crippen molar-refractivity contribution in [2.45, 2.75) is 38.5 Å². The van der Waals surface area contributed by atoms with Crippen LogP contribution < -0.4 is 14.8 Å². The van der Waals surface area contributed by atoms with Gasteiger partial charge in [0.25, 0.3) is 0 Å². The Balaban J connectivity index is 1.35. The summed E-state index contributed by atoms with van der Waals surface area (Å²) < 4.78 is 48.4. The van der Waals surface area contributed by atoms with Crippen molar-refractivity contribution in [1.29, 1.82) is 0 Å². The predicted octanol–water partition coefficient (Wildman–Crippen LogP) is 4.54. The number of halogens is 3. The molecule has 0 aliphatic carbocycles. The molecule has 1 N–H and O–H groups in total. The third-order valence-corrected chi connectivity index (χ3v) is 5.26. The van der Waals surface area contributed by atoms with E-state index in [-0.39, 0.29) is 29.4 Å². The number of rotatable bonds is 4. The fraction of sp³-hybridized carbons (Fsp3) is 0.381. The van der Waals surface area contributed by atoms with E-state index in [9.17, 15) is 18.0 Å². The highest BCUT2D eigenvalue weighted by molar-refractivity contribution is 5.75. The van der Waals surface area contributed by atoms with E-state index in [0.717, 1.165) is 29.5 Å². The van der Waals surface area contributed by atoms with Crippen molar-refractivity contribution in [1.82, 2.24) is 10.2 Å². The number of carbonyl (C=O) groups excluding carboxylic acids is 1. The van der Waals surface area contributed by atoms with E-state index in [1.807, 2.05) is 6.92 Å². The molecule has 0 radical (unpaired) electrons. The monoisotopic (exact) mass is 406 g/mol. The van der Waals surface area contributed by atoms with E-state index in [1.165, 1.54) is 24.3 Å². The molecule has 154 valence electrons. The number of alkyl halides is 2. The van der Waals surface area contributed by atoms with Crippen molar-refractivity contribution in [3.05, 3.63) is 58.9 Å². The highest BCUT2D eigenvalue weighted by Crippen LogP contribution is 2.41. The Kier molecular flexibility index (Phi) is 5.02. The first kappa shape index (κ1) is 19.4. The van der Waals surface area contributed by atoms with Crippen molar-refractivity contribution < 1.29 is 27.4 Å². The zero-order chi connectivity index (χ0) is 20.6. The molecule has 2 aliphatic rings. The number of fused-ring (bicyclic) bond motifs is 1. The van der Waals surface area contributed by atoms with E-state index < -0.39 is 6.29 Å². The Labute approximate surface area is 166 Å². The van der Waals surface area contributed by atoms with Gasteiger partial charge in [-0.3, -0.25) is 0 Å². The van der Waals surface area contributed by atoms with Crippen molar-refractivity contribution in [3.8, 4) is 11.5 Å². The lowest BCUT2D eigenvalue weighted by molar-refractivity contribution is -0.286. The maximum absolute atomic E-state index is 13.4. The molecule has 0 bridgehead atoms. The maximum Gasteiger partial charge on any atom is 0.586 e. The number of ether oxygens (including phenoxy) is 2. The standard InChI is InChI=1S/C21H21F3N2O3/c1-13-11-15(22)5-6-16(13)17-3-2-10-26(17)20(27)25-9-8-14-4-7-18-19(12-14)29-21(23,24)28-18/h4-7,11-12,17H,2-3,8-10H2,1H3,(H,25,27). The number of nitrogens with zero attached hydrogens (tertiary/aromatic N) is 1. The summed E-state index contributed by atoms with van der Waals surface area (Å²) in [4.78, 5) is 14.4. The third kappa shape index (κ3) is 4.11. The predicted molar refractivity (Wildman–Crippen MR) is 99.6 cm³/mol. The van der Waals surface area contributed by atoms with Crippen molar-refractivity contribution >= 4 is 6.03 Å². The second-order valence-corrected chi connectivity index (χ2v) is 7.28. The fourth-order valence-corrected chi connectivity index (χ4v) is 3.91. The maximum atomic E-state index is 13.4. The summed E-state index contributed by atoms with van der Waals surface area (Å²) in [5.74, 6) is -0.302. The van der Waals surface area contributed by atoms with Crippen LogP contribution in [-0.2, 0) is 6.42 Å². The summed E-state index contributed by atoms with van der Waals surface area (Å²) in [7, 11) is 0. The number of benzene rings is 2. The van der Waals surface area contributed by atoms with Crippen LogP contribution in [0.25, 0.3) is 0 Å². The van der Waals surface area contributed by atoms with Crippen LogP contribution in [0.2, 0.25) is 0 Å². The summed E-state index contributed by atoms with van der Waals surface area (Å²) >= 11 is 0. The number of hydrogen-bond acceptors (Lipinski definition) is 3. The number of hydrogen-bond donors (Lipinski definition) is 1. The lowest BCUT2D eigenvalue weighted by Crippen LogP contribution is -2.40. The lowest BCUT2D eigenvalue weighted by Gasteiger charge is -2.26. The largest absolute Gasteiger partial charge is 0.586 e. The first-order valence-electron chi connectivity index (χ1n) is 9.52. The molecular weight excluding hydrogens is 385 g/mol. The van der Waals surface area contributed by atoms with Gasteiger partial charge in [0, 0.05) is 13.1 Å². The molecular formula is C21H21F3N2O3. The summed E-state index contributed by atoms with van der Waals surface area (Å²) in [5.41, 5.74) is 2.53. The number of carbonyl (C=O) groups is 1. The van der Waals surface area contributed by atoms with E-state index in [4.69, 9.17) is 0 Å². The van der Waals surface area contributed by atoms with E-state index in [0.29, 0.717) is 19.5 Å². The van der Waals surface area contributed by atoms with Crippen LogP contribution in [0, 0.1) is 12.7 Å². The molecule has 1 atom stereocenters.